The number of halogens is 1. The van der Waals surface area contributed by atoms with Gasteiger partial charge in [-0.3, -0.25) is 4.57 Å². The highest BCUT2D eigenvalue weighted by Crippen LogP contribution is 2.51. The van der Waals surface area contributed by atoms with Crippen LogP contribution in [0.15, 0.2) is 60.7 Å². The number of hydrogen-bond donors (Lipinski definition) is 1. The van der Waals surface area contributed by atoms with E-state index in [1.807, 2.05) is 49.4 Å². The summed E-state index contributed by atoms with van der Waals surface area (Å²) in [4.78, 5) is 10.0. The van der Waals surface area contributed by atoms with Crippen LogP contribution in [0.3, 0.4) is 0 Å². The fourth-order valence-electron chi connectivity index (χ4n) is 5.01. The van der Waals surface area contributed by atoms with E-state index in [0.29, 0.717) is 24.3 Å². The van der Waals surface area contributed by atoms with Gasteiger partial charge >= 0.3 is 0 Å². The summed E-state index contributed by atoms with van der Waals surface area (Å²) < 4.78 is 33.2. The molecule has 1 N–H and O–H groups in total. The molecule has 0 bridgehead atoms. The largest absolute Gasteiger partial charge is 0.489 e. The zero-order valence-corrected chi connectivity index (χ0v) is 23.8. The molecule has 3 atom stereocenters. The van der Waals surface area contributed by atoms with Gasteiger partial charge in [0.05, 0.1) is 0 Å². The molecule has 37 heavy (non-hydrogen) atoms. The third kappa shape index (κ3) is 7.12. The minimum atomic E-state index is -3.11. The topological polar surface area (TPSA) is 46.5 Å². The second-order valence-electron chi connectivity index (χ2n) is 12.0. The van der Waals surface area contributed by atoms with E-state index < -0.39 is 7.37 Å². The van der Waals surface area contributed by atoms with E-state index in [0.717, 1.165) is 46.4 Å². The van der Waals surface area contributed by atoms with E-state index in [2.05, 4.69) is 33.8 Å². The van der Waals surface area contributed by atoms with Crippen LogP contribution in [0.2, 0.25) is 0 Å². The second kappa shape index (κ2) is 10.8. The molecule has 1 saturated carbocycles. The van der Waals surface area contributed by atoms with Crippen LogP contribution in [0, 0.1) is 24.1 Å². The standard InChI is InChI=1S/C32H40FO3P/c1-21-10-15-31(33)29(16-21)27-14-11-23(17-28(27)22(2)32(3,4)5)19-36-26-9-7-8-25(18-26)30(24-12-13-24)20-37(6,34)35/h7-11,14-18,22,24,30H,12-13,19-20H2,1-6H3,(H,34,35)/t22-,30+/m1/s1. The predicted molar refractivity (Wildman–Crippen MR) is 151 cm³/mol. The van der Waals surface area contributed by atoms with Crippen molar-refractivity contribution in [2.24, 2.45) is 11.3 Å². The van der Waals surface area contributed by atoms with Crippen molar-refractivity contribution in [1.82, 2.24) is 0 Å². The summed E-state index contributed by atoms with van der Waals surface area (Å²) in [5, 5.41) is 0. The van der Waals surface area contributed by atoms with Crippen molar-refractivity contribution in [2.75, 3.05) is 12.8 Å². The summed E-state index contributed by atoms with van der Waals surface area (Å²) in [5.74, 6) is 1.32. The number of benzene rings is 3. The first-order chi connectivity index (χ1) is 17.3. The van der Waals surface area contributed by atoms with E-state index in [-0.39, 0.29) is 23.1 Å². The minimum Gasteiger partial charge on any atom is -0.489 e. The van der Waals surface area contributed by atoms with Crippen molar-refractivity contribution < 1.29 is 18.6 Å². The van der Waals surface area contributed by atoms with Crippen LogP contribution in [0.25, 0.3) is 11.1 Å². The quantitative estimate of drug-likeness (QED) is 0.285. The molecule has 0 aromatic heterocycles. The summed E-state index contributed by atoms with van der Waals surface area (Å²) in [7, 11) is -3.11. The van der Waals surface area contributed by atoms with Crippen LogP contribution in [-0.4, -0.2) is 17.7 Å². The van der Waals surface area contributed by atoms with Gasteiger partial charge in [-0.15, -0.1) is 0 Å². The molecule has 0 amide bonds. The molecule has 0 heterocycles. The molecule has 3 nitrogen and oxygen atoms in total. The van der Waals surface area contributed by atoms with Crippen LogP contribution in [0.1, 0.15) is 74.6 Å². The van der Waals surface area contributed by atoms with Crippen molar-refractivity contribution in [3.63, 3.8) is 0 Å². The molecule has 5 heteroatoms. The van der Waals surface area contributed by atoms with Crippen LogP contribution >= 0.6 is 7.37 Å². The Balaban J connectivity index is 1.60. The number of ether oxygens (including phenoxy) is 1. The highest BCUT2D eigenvalue weighted by atomic mass is 31.2. The van der Waals surface area contributed by atoms with Gasteiger partial charge in [-0.1, -0.05) is 69.7 Å². The molecule has 0 radical (unpaired) electrons. The van der Waals surface area contributed by atoms with Gasteiger partial charge < -0.3 is 9.63 Å². The lowest BCUT2D eigenvalue weighted by molar-refractivity contribution is 0.304. The highest BCUT2D eigenvalue weighted by Gasteiger charge is 2.35. The van der Waals surface area contributed by atoms with Crippen molar-refractivity contribution >= 4 is 7.37 Å². The summed E-state index contributed by atoms with van der Waals surface area (Å²) in [6.07, 6.45) is 2.53. The maximum Gasteiger partial charge on any atom is 0.198 e. The first-order valence-corrected chi connectivity index (χ1v) is 15.5. The van der Waals surface area contributed by atoms with Gasteiger partial charge in [0, 0.05) is 18.4 Å². The van der Waals surface area contributed by atoms with Crippen LogP contribution in [0.5, 0.6) is 5.75 Å². The lowest BCUT2D eigenvalue weighted by atomic mass is 9.75. The molecule has 1 unspecified atom stereocenters. The fraction of sp³-hybridized carbons (Fsp3) is 0.438. The summed E-state index contributed by atoms with van der Waals surface area (Å²) in [5.41, 5.74) is 5.81. The summed E-state index contributed by atoms with van der Waals surface area (Å²) in [6.45, 7) is 12.7. The molecular formula is C32H40FO3P. The van der Waals surface area contributed by atoms with Crippen LogP contribution in [-0.2, 0) is 11.2 Å². The molecule has 1 aliphatic carbocycles. The van der Waals surface area contributed by atoms with Gasteiger partial charge in [0.1, 0.15) is 18.2 Å². The van der Waals surface area contributed by atoms with Gasteiger partial charge in [0.25, 0.3) is 0 Å². The molecular weight excluding hydrogens is 482 g/mol. The molecule has 3 aromatic rings. The normalized spacial score (nSPS) is 17.2. The van der Waals surface area contributed by atoms with Gasteiger partial charge in [0.2, 0.25) is 0 Å². The Morgan fingerprint density at radius 3 is 2.43 bits per heavy atom. The average Bonchev–Trinajstić information content (AvgIpc) is 3.67. The van der Waals surface area contributed by atoms with Crippen LogP contribution < -0.4 is 4.74 Å². The smallest absolute Gasteiger partial charge is 0.198 e. The minimum absolute atomic E-state index is 0.00606. The van der Waals surface area contributed by atoms with E-state index in [4.69, 9.17) is 4.74 Å². The van der Waals surface area contributed by atoms with E-state index in [1.165, 1.54) is 6.66 Å². The molecule has 1 fully saturated rings. The monoisotopic (exact) mass is 522 g/mol. The second-order valence-corrected chi connectivity index (χ2v) is 14.5. The van der Waals surface area contributed by atoms with Crippen molar-refractivity contribution in [3.05, 3.63) is 88.7 Å². The van der Waals surface area contributed by atoms with Crippen molar-refractivity contribution in [1.29, 1.82) is 0 Å². The lowest BCUT2D eigenvalue weighted by Gasteiger charge is -2.30. The van der Waals surface area contributed by atoms with Gasteiger partial charge in [-0.05, 0) is 89.5 Å². The zero-order chi connectivity index (χ0) is 27.0. The Labute approximate surface area is 221 Å². The first-order valence-electron chi connectivity index (χ1n) is 13.2. The Morgan fingerprint density at radius 2 is 1.78 bits per heavy atom. The molecule has 0 spiro atoms. The molecule has 1 aliphatic rings. The maximum absolute atomic E-state index is 14.9. The molecule has 0 saturated heterocycles. The van der Waals surface area contributed by atoms with E-state index in [1.54, 1.807) is 12.1 Å². The Hall–Kier alpha value is -2.42. The van der Waals surface area contributed by atoms with Crippen molar-refractivity contribution in [3.8, 4) is 16.9 Å². The SMILES string of the molecule is Cc1ccc(F)c(-c2ccc(COc3cccc([C@@H](CP(C)(=O)O)C4CC4)c3)cc2[C@@H](C)C(C)(C)C)c1. The van der Waals surface area contributed by atoms with Gasteiger partial charge in [0.15, 0.2) is 7.37 Å². The van der Waals surface area contributed by atoms with Gasteiger partial charge in [-0.25, -0.2) is 4.39 Å². The molecule has 198 valence electrons. The predicted octanol–water partition coefficient (Wildman–Crippen LogP) is 8.92. The summed E-state index contributed by atoms with van der Waals surface area (Å²) >= 11 is 0. The zero-order valence-electron chi connectivity index (χ0n) is 22.9. The third-order valence-corrected chi connectivity index (χ3v) is 8.78. The molecule has 4 rings (SSSR count). The summed E-state index contributed by atoms with van der Waals surface area (Å²) in [6, 6.07) is 19.4. The molecule has 3 aromatic carbocycles. The van der Waals surface area contributed by atoms with Crippen molar-refractivity contribution in [2.45, 2.75) is 65.9 Å². The van der Waals surface area contributed by atoms with Crippen LogP contribution in [0.4, 0.5) is 4.39 Å². The average molecular weight is 523 g/mol. The molecule has 0 aliphatic heterocycles. The van der Waals surface area contributed by atoms with Gasteiger partial charge in [-0.2, -0.15) is 0 Å². The Kier molecular flexibility index (Phi) is 8.02. The third-order valence-electron chi connectivity index (χ3n) is 7.71. The lowest BCUT2D eigenvalue weighted by Crippen LogP contribution is -2.16. The Morgan fingerprint density at radius 1 is 1.05 bits per heavy atom. The van der Waals surface area contributed by atoms with E-state index >= 15 is 0 Å². The van der Waals surface area contributed by atoms with E-state index in [9.17, 15) is 13.8 Å². The fourth-order valence-corrected chi connectivity index (χ4v) is 6.25. The number of aryl methyl sites for hydroxylation is 1. The highest BCUT2D eigenvalue weighted by molar-refractivity contribution is 7.57. The first kappa shape index (κ1) is 27.6. The number of rotatable bonds is 9. The number of hydrogen-bond acceptors (Lipinski definition) is 2. The Bertz CT molecular complexity index is 1300. The maximum atomic E-state index is 14.9.